The zero-order valence-corrected chi connectivity index (χ0v) is 17.9. The number of hydrogen-bond donors (Lipinski definition) is 2. The van der Waals surface area contributed by atoms with Crippen LogP contribution in [0.3, 0.4) is 0 Å². The van der Waals surface area contributed by atoms with Gasteiger partial charge in [0.1, 0.15) is 36.8 Å². The molecule has 0 radical (unpaired) electrons. The van der Waals surface area contributed by atoms with Crippen LogP contribution >= 0.6 is 11.3 Å². The van der Waals surface area contributed by atoms with Crippen LogP contribution in [-0.2, 0) is 6.42 Å². The predicted octanol–water partition coefficient (Wildman–Crippen LogP) is 4.43. The molecule has 0 fully saturated rings. The highest BCUT2D eigenvalue weighted by Gasteiger charge is 2.08. The van der Waals surface area contributed by atoms with Gasteiger partial charge in [-0.2, -0.15) is 0 Å². The number of rotatable bonds is 9. The highest BCUT2D eigenvalue weighted by atomic mass is 32.1. The van der Waals surface area contributed by atoms with Crippen molar-refractivity contribution in [3.05, 3.63) is 65.4 Å². The number of fused-ring (bicyclic) bond motifs is 1. The predicted molar refractivity (Wildman–Crippen MR) is 121 cm³/mol. The summed E-state index contributed by atoms with van der Waals surface area (Å²) >= 11 is 1.61. The lowest BCUT2D eigenvalue weighted by Crippen LogP contribution is -2.19. The summed E-state index contributed by atoms with van der Waals surface area (Å²) in [5.74, 6) is 2.08. The van der Waals surface area contributed by atoms with Crippen LogP contribution < -0.4 is 10.1 Å². The van der Waals surface area contributed by atoms with Gasteiger partial charge >= 0.3 is 0 Å². The smallest absolute Gasteiger partial charge is 0.130 e. The molecule has 0 aliphatic heterocycles. The van der Waals surface area contributed by atoms with E-state index in [2.05, 4.69) is 26.3 Å². The topological polar surface area (TPSA) is 80.2 Å². The number of nitrogens with zero attached hydrogens (tertiary/aromatic N) is 3. The van der Waals surface area contributed by atoms with Crippen molar-refractivity contribution >= 4 is 27.4 Å². The van der Waals surface area contributed by atoms with E-state index in [0.717, 1.165) is 39.3 Å². The summed E-state index contributed by atoms with van der Waals surface area (Å²) in [6, 6.07) is 15.7. The van der Waals surface area contributed by atoms with E-state index in [1.807, 2.05) is 48.8 Å². The van der Waals surface area contributed by atoms with Crippen LogP contribution in [0.15, 0.2) is 54.0 Å². The number of aromatic nitrogens is 3. The number of hydrogen-bond acceptors (Lipinski definition) is 7. The number of ether oxygens (including phenoxy) is 1. The maximum atomic E-state index is 12.4. The minimum atomic E-state index is -1.10. The van der Waals surface area contributed by atoms with Crippen LogP contribution in [0, 0.1) is 6.92 Å². The Kier molecular flexibility index (Phi) is 6.69. The molecule has 160 valence electrons. The molecule has 1 unspecified atom stereocenters. The molecule has 2 heterocycles. The lowest BCUT2D eigenvalue weighted by Gasteiger charge is -2.11. The normalized spacial score (nSPS) is 12.1. The van der Waals surface area contributed by atoms with Gasteiger partial charge in [0.05, 0.1) is 21.4 Å². The summed E-state index contributed by atoms with van der Waals surface area (Å²) in [5, 5.41) is 12.7. The fraction of sp³-hybridized carbons (Fsp3) is 0.261. The van der Waals surface area contributed by atoms with Crippen LogP contribution in [0.1, 0.15) is 11.4 Å². The molecule has 4 aromatic rings. The summed E-state index contributed by atoms with van der Waals surface area (Å²) in [6.07, 6.45) is -0.342. The van der Waals surface area contributed by atoms with Crippen molar-refractivity contribution in [1.29, 1.82) is 0 Å². The number of thiazole rings is 1. The van der Waals surface area contributed by atoms with Gasteiger partial charge in [0.2, 0.25) is 0 Å². The number of benzene rings is 2. The summed E-state index contributed by atoms with van der Waals surface area (Å²) in [5.41, 5.74) is 5.80. The minimum absolute atomic E-state index is 0.0610. The van der Waals surface area contributed by atoms with Crippen molar-refractivity contribution in [3.63, 3.8) is 0 Å². The molecular formula is C23H23FN4O2S. The summed E-state index contributed by atoms with van der Waals surface area (Å²) < 4.78 is 18.9. The number of aryl methyl sites for hydroxylation is 1. The van der Waals surface area contributed by atoms with Gasteiger partial charge in [-0.1, -0.05) is 18.2 Å². The van der Waals surface area contributed by atoms with Crippen LogP contribution in [0.2, 0.25) is 0 Å². The Balaban J connectivity index is 1.40. The standard InChI is InChI=1S/C23H23FN4O2S/c1-15-27-21(17-5-6-20-22(10-17)31-14-26-20)11-23(28-15)25-8-7-16-3-2-4-19(9-16)30-13-18(29)12-24/h2-6,9-11,14,18,29H,7-8,12-13H2,1H3,(H,25,27,28). The van der Waals surface area contributed by atoms with Crippen molar-refractivity contribution in [1.82, 2.24) is 15.0 Å². The van der Waals surface area contributed by atoms with E-state index in [9.17, 15) is 9.50 Å². The Morgan fingerprint density at radius 1 is 1.16 bits per heavy atom. The van der Waals surface area contributed by atoms with Gasteiger partial charge in [-0.15, -0.1) is 11.3 Å². The van der Waals surface area contributed by atoms with Gasteiger partial charge in [-0.3, -0.25) is 0 Å². The molecule has 0 saturated heterocycles. The van der Waals surface area contributed by atoms with E-state index >= 15 is 0 Å². The van der Waals surface area contributed by atoms with E-state index in [1.165, 1.54) is 0 Å². The maximum absolute atomic E-state index is 12.4. The Hall–Kier alpha value is -3.10. The second kappa shape index (κ2) is 9.80. The summed E-state index contributed by atoms with van der Waals surface area (Å²) in [6.45, 7) is 1.68. The van der Waals surface area contributed by atoms with E-state index in [1.54, 1.807) is 17.4 Å². The fourth-order valence-electron chi connectivity index (χ4n) is 3.18. The zero-order chi connectivity index (χ0) is 21.6. The Labute approximate surface area is 183 Å². The van der Waals surface area contributed by atoms with Gasteiger partial charge < -0.3 is 15.2 Å². The minimum Gasteiger partial charge on any atom is -0.491 e. The fourth-order valence-corrected chi connectivity index (χ4v) is 3.90. The number of aliphatic hydroxyl groups is 1. The van der Waals surface area contributed by atoms with Crippen molar-refractivity contribution in [2.45, 2.75) is 19.4 Å². The number of alkyl halides is 1. The van der Waals surface area contributed by atoms with Crippen LogP contribution in [0.4, 0.5) is 10.2 Å². The van der Waals surface area contributed by atoms with Crippen molar-refractivity contribution < 1.29 is 14.2 Å². The van der Waals surface area contributed by atoms with Crippen LogP contribution in [-0.4, -0.2) is 46.0 Å². The Morgan fingerprint density at radius 3 is 2.94 bits per heavy atom. The first-order valence-corrected chi connectivity index (χ1v) is 10.9. The molecule has 1 atom stereocenters. The Bertz CT molecular complexity index is 1170. The molecule has 0 saturated carbocycles. The molecule has 0 bridgehead atoms. The highest BCUT2D eigenvalue weighted by Crippen LogP contribution is 2.26. The number of anilines is 1. The average molecular weight is 439 g/mol. The first kappa shape index (κ1) is 21.1. The first-order chi connectivity index (χ1) is 15.1. The Morgan fingerprint density at radius 2 is 2.06 bits per heavy atom. The molecule has 2 aromatic carbocycles. The average Bonchev–Trinajstić information content (AvgIpc) is 3.25. The molecule has 2 aromatic heterocycles. The third-order valence-electron chi connectivity index (χ3n) is 4.70. The summed E-state index contributed by atoms with van der Waals surface area (Å²) in [7, 11) is 0. The van der Waals surface area contributed by atoms with Crippen molar-refractivity contribution in [2.75, 3.05) is 25.1 Å². The molecule has 31 heavy (non-hydrogen) atoms. The van der Waals surface area contributed by atoms with Crippen LogP contribution in [0.5, 0.6) is 5.75 Å². The number of aliphatic hydroxyl groups excluding tert-OH is 1. The van der Waals surface area contributed by atoms with E-state index < -0.39 is 12.8 Å². The van der Waals surface area contributed by atoms with Crippen molar-refractivity contribution in [3.8, 4) is 17.0 Å². The zero-order valence-electron chi connectivity index (χ0n) is 17.1. The molecule has 4 rings (SSSR count). The van der Waals surface area contributed by atoms with Crippen molar-refractivity contribution in [2.24, 2.45) is 0 Å². The molecule has 0 aliphatic carbocycles. The molecule has 0 aliphatic rings. The third-order valence-corrected chi connectivity index (χ3v) is 5.50. The first-order valence-electron chi connectivity index (χ1n) is 9.99. The lowest BCUT2D eigenvalue weighted by molar-refractivity contribution is 0.0841. The lowest BCUT2D eigenvalue weighted by atomic mass is 10.1. The highest BCUT2D eigenvalue weighted by molar-refractivity contribution is 7.16. The second-order valence-electron chi connectivity index (χ2n) is 7.16. The molecule has 6 nitrogen and oxygen atoms in total. The quantitative estimate of drug-likeness (QED) is 0.403. The van der Waals surface area contributed by atoms with Gasteiger partial charge in [0, 0.05) is 18.2 Å². The monoisotopic (exact) mass is 438 g/mol. The molecule has 8 heteroatoms. The molecular weight excluding hydrogens is 415 g/mol. The second-order valence-corrected chi connectivity index (χ2v) is 8.05. The SMILES string of the molecule is Cc1nc(NCCc2cccc(OCC(O)CF)c2)cc(-c2ccc3ncsc3c2)n1. The van der Waals surface area contributed by atoms with Gasteiger partial charge in [-0.05, 0) is 43.2 Å². The largest absolute Gasteiger partial charge is 0.491 e. The van der Waals surface area contributed by atoms with E-state index in [4.69, 9.17) is 4.74 Å². The van der Waals surface area contributed by atoms with E-state index in [0.29, 0.717) is 18.1 Å². The van der Waals surface area contributed by atoms with Gasteiger partial charge in [0.15, 0.2) is 0 Å². The molecule has 0 spiro atoms. The summed E-state index contributed by atoms with van der Waals surface area (Å²) in [4.78, 5) is 13.4. The van der Waals surface area contributed by atoms with E-state index in [-0.39, 0.29) is 6.61 Å². The number of halogens is 1. The van der Waals surface area contributed by atoms with Crippen LogP contribution in [0.25, 0.3) is 21.5 Å². The maximum Gasteiger partial charge on any atom is 0.130 e. The third kappa shape index (κ3) is 5.53. The number of nitrogens with one attached hydrogen (secondary N) is 1. The molecule has 2 N–H and O–H groups in total. The van der Waals surface area contributed by atoms with Gasteiger partial charge in [-0.25, -0.2) is 19.3 Å². The van der Waals surface area contributed by atoms with Gasteiger partial charge in [0.25, 0.3) is 0 Å². The molecule has 0 amide bonds.